The van der Waals surface area contributed by atoms with Crippen molar-refractivity contribution >= 4 is 5.91 Å². The first-order valence-corrected chi connectivity index (χ1v) is 6.52. The maximum absolute atomic E-state index is 12.2. The first-order chi connectivity index (χ1) is 8.68. The van der Waals surface area contributed by atoms with Crippen LogP contribution in [0.15, 0.2) is 24.5 Å². The van der Waals surface area contributed by atoms with E-state index < -0.39 is 0 Å². The number of hydrogen-bond donors (Lipinski definition) is 0. The van der Waals surface area contributed by atoms with E-state index in [2.05, 4.69) is 9.88 Å². The molecule has 1 unspecified atom stereocenters. The van der Waals surface area contributed by atoms with Gasteiger partial charge in [0.1, 0.15) is 0 Å². The van der Waals surface area contributed by atoms with E-state index in [0.29, 0.717) is 0 Å². The molecule has 2 heterocycles. The summed E-state index contributed by atoms with van der Waals surface area (Å²) in [5, 5.41) is 0. The summed E-state index contributed by atoms with van der Waals surface area (Å²) in [6.45, 7) is 1.81. The van der Waals surface area contributed by atoms with Crippen molar-refractivity contribution in [3.8, 4) is 0 Å². The Morgan fingerprint density at radius 2 is 2.22 bits per heavy atom. The molecule has 1 saturated heterocycles. The molecule has 18 heavy (non-hydrogen) atoms. The summed E-state index contributed by atoms with van der Waals surface area (Å²) in [6.07, 6.45) is 6.60. The first kappa shape index (κ1) is 13.0. The maximum Gasteiger partial charge on any atom is 0.239 e. The lowest BCUT2D eigenvalue weighted by Crippen LogP contribution is -2.43. The molecule has 4 heteroatoms. The SMILES string of the molecule is CN(CCc1ccncc1)C(=O)C1CCCN1C. The van der Waals surface area contributed by atoms with Crippen molar-refractivity contribution in [1.29, 1.82) is 0 Å². The van der Waals surface area contributed by atoms with Crippen LogP contribution < -0.4 is 0 Å². The summed E-state index contributed by atoms with van der Waals surface area (Å²) in [7, 11) is 3.93. The molecule has 98 valence electrons. The lowest BCUT2D eigenvalue weighted by atomic mass is 10.1. The summed E-state index contributed by atoms with van der Waals surface area (Å²) >= 11 is 0. The second-order valence-corrected chi connectivity index (χ2v) is 5.00. The molecule has 1 fully saturated rings. The van der Waals surface area contributed by atoms with E-state index in [1.165, 1.54) is 5.56 Å². The van der Waals surface area contributed by atoms with Crippen molar-refractivity contribution in [2.45, 2.75) is 25.3 Å². The maximum atomic E-state index is 12.2. The molecule has 0 aromatic carbocycles. The minimum atomic E-state index is 0.0902. The highest BCUT2D eigenvalue weighted by Gasteiger charge is 2.29. The van der Waals surface area contributed by atoms with Crippen LogP contribution in [0.4, 0.5) is 0 Å². The van der Waals surface area contributed by atoms with Gasteiger partial charge in [0.05, 0.1) is 6.04 Å². The fourth-order valence-electron chi connectivity index (χ4n) is 2.43. The number of carbonyl (C=O) groups is 1. The van der Waals surface area contributed by atoms with Crippen molar-refractivity contribution in [2.75, 3.05) is 27.2 Å². The van der Waals surface area contributed by atoms with E-state index in [9.17, 15) is 4.79 Å². The Bertz CT molecular complexity index is 393. The molecule has 0 bridgehead atoms. The third kappa shape index (κ3) is 3.07. The van der Waals surface area contributed by atoms with Gasteiger partial charge in [-0.2, -0.15) is 0 Å². The van der Waals surface area contributed by atoms with Gasteiger partial charge in [-0.25, -0.2) is 0 Å². The van der Waals surface area contributed by atoms with Gasteiger partial charge in [0.25, 0.3) is 0 Å². The van der Waals surface area contributed by atoms with E-state index in [0.717, 1.165) is 32.4 Å². The standard InChI is InChI=1S/C14H21N3O/c1-16-10-3-4-13(16)14(18)17(2)11-7-12-5-8-15-9-6-12/h5-6,8-9,13H,3-4,7,10-11H2,1-2H3. The van der Waals surface area contributed by atoms with Crippen molar-refractivity contribution in [3.05, 3.63) is 30.1 Å². The number of amides is 1. The van der Waals surface area contributed by atoms with Crippen molar-refractivity contribution in [1.82, 2.24) is 14.8 Å². The van der Waals surface area contributed by atoms with E-state index in [1.807, 2.05) is 31.1 Å². The number of carbonyl (C=O) groups excluding carboxylic acids is 1. The second-order valence-electron chi connectivity index (χ2n) is 5.00. The molecule has 0 N–H and O–H groups in total. The molecule has 1 atom stereocenters. The Hall–Kier alpha value is -1.42. The average Bonchev–Trinajstić information content (AvgIpc) is 2.82. The lowest BCUT2D eigenvalue weighted by molar-refractivity contribution is -0.134. The molecule has 1 aliphatic heterocycles. The quantitative estimate of drug-likeness (QED) is 0.801. The van der Waals surface area contributed by atoms with Gasteiger partial charge in [-0.15, -0.1) is 0 Å². The Morgan fingerprint density at radius 3 is 2.83 bits per heavy atom. The van der Waals surface area contributed by atoms with Crippen LogP contribution in [0.3, 0.4) is 0 Å². The average molecular weight is 247 g/mol. The highest BCUT2D eigenvalue weighted by Crippen LogP contribution is 2.16. The van der Waals surface area contributed by atoms with Crippen LogP contribution in [0.1, 0.15) is 18.4 Å². The molecule has 1 amide bonds. The minimum Gasteiger partial charge on any atom is -0.344 e. The number of nitrogens with zero attached hydrogens (tertiary/aromatic N) is 3. The molecule has 1 aromatic heterocycles. The van der Waals surface area contributed by atoms with Crippen molar-refractivity contribution < 1.29 is 4.79 Å². The number of pyridine rings is 1. The Morgan fingerprint density at radius 1 is 1.50 bits per heavy atom. The Balaban J connectivity index is 1.84. The fourth-order valence-corrected chi connectivity index (χ4v) is 2.43. The first-order valence-electron chi connectivity index (χ1n) is 6.52. The normalized spacial score (nSPS) is 20.0. The third-order valence-corrected chi connectivity index (χ3v) is 3.67. The summed E-state index contributed by atoms with van der Waals surface area (Å²) in [6, 6.07) is 4.09. The Kier molecular flexibility index (Phi) is 4.31. The summed E-state index contributed by atoms with van der Waals surface area (Å²) in [4.78, 5) is 20.3. The van der Waals surface area contributed by atoms with Crippen LogP contribution in [0, 0.1) is 0 Å². The van der Waals surface area contributed by atoms with Gasteiger partial charge in [0.2, 0.25) is 5.91 Å². The lowest BCUT2D eigenvalue weighted by Gasteiger charge is -2.25. The molecule has 4 nitrogen and oxygen atoms in total. The van der Waals surface area contributed by atoms with E-state index in [4.69, 9.17) is 0 Å². The molecule has 1 aliphatic rings. The van der Waals surface area contributed by atoms with Gasteiger partial charge in [0.15, 0.2) is 0 Å². The van der Waals surface area contributed by atoms with Crippen LogP contribution in [0.2, 0.25) is 0 Å². The Labute approximate surface area is 109 Å². The second kappa shape index (κ2) is 5.96. The van der Waals surface area contributed by atoms with E-state index in [-0.39, 0.29) is 11.9 Å². The predicted molar refractivity (Wildman–Crippen MR) is 71.2 cm³/mol. The minimum absolute atomic E-state index is 0.0902. The molecular weight excluding hydrogens is 226 g/mol. The molecule has 0 aliphatic carbocycles. The van der Waals surface area contributed by atoms with Crippen LogP contribution in [0.25, 0.3) is 0 Å². The van der Waals surface area contributed by atoms with Crippen molar-refractivity contribution in [2.24, 2.45) is 0 Å². The smallest absolute Gasteiger partial charge is 0.239 e. The third-order valence-electron chi connectivity index (χ3n) is 3.67. The van der Waals surface area contributed by atoms with E-state index in [1.54, 1.807) is 12.4 Å². The molecule has 0 radical (unpaired) electrons. The zero-order valence-electron chi connectivity index (χ0n) is 11.2. The number of rotatable bonds is 4. The highest BCUT2D eigenvalue weighted by molar-refractivity contribution is 5.81. The van der Waals surface area contributed by atoms with Gasteiger partial charge in [-0.1, -0.05) is 0 Å². The fraction of sp³-hybridized carbons (Fsp3) is 0.571. The molecule has 1 aromatic rings. The van der Waals surface area contributed by atoms with Gasteiger partial charge in [0, 0.05) is 26.0 Å². The summed E-state index contributed by atoms with van der Waals surface area (Å²) in [5.74, 6) is 0.254. The number of hydrogen-bond acceptors (Lipinski definition) is 3. The topological polar surface area (TPSA) is 36.4 Å². The summed E-state index contributed by atoms with van der Waals surface area (Å²) in [5.41, 5.74) is 1.23. The zero-order valence-corrected chi connectivity index (χ0v) is 11.2. The van der Waals surface area contributed by atoms with Gasteiger partial charge in [-0.3, -0.25) is 14.7 Å². The van der Waals surface area contributed by atoms with E-state index >= 15 is 0 Å². The zero-order chi connectivity index (χ0) is 13.0. The summed E-state index contributed by atoms with van der Waals surface area (Å²) < 4.78 is 0. The number of likely N-dealkylation sites (tertiary alicyclic amines) is 1. The van der Waals surface area contributed by atoms with Gasteiger partial charge < -0.3 is 4.90 Å². The highest BCUT2D eigenvalue weighted by atomic mass is 16.2. The predicted octanol–water partition coefficient (Wildman–Crippen LogP) is 1.18. The van der Waals surface area contributed by atoms with Gasteiger partial charge in [-0.05, 0) is 50.6 Å². The van der Waals surface area contributed by atoms with Crippen molar-refractivity contribution in [3.63, 3.8) is 0 Å². The number of aromatic nitrogens is 1. The molecule has 0 saturated carbocycles. The number of likely N-dealkylation sites (N-methyl/N-ethyl adjacent to an activating group) is 2. The van der Waals surface area contributed by atoms with Gasteiger partial charge >= 0.3 is 0 Å². The largest absolute Gasteiger partial charge is 0.344 e. The van der Waals surface area contributed by atoms with Crippen LogP contribution in [-0.4, -0.2) is 53.9 Å². The van der Waals surface area contributed by atoms with Crippen LogP contribution >= 0.6 is 0 Å². The van der Waals surface area contributed by atoms with Crippen LogP contribution in [0.5, 0.6) is 0 Å². The molecular formula is C14H21N3O. The monoisotopic (exact) mass is 247 g/mol. The molecule has 2 rings (SSSR count). The molecule has 0 spiro atoms. The van der Waals surface area contributed by atoms with Crippen LogP contribution in [-0.2, 0) is 11.2 Å².